The van der Waals surface area contributed by atoms with Crippen LogP contribution < -0.4 is 0 Å². The Labute approximate surface area is 93.2 Å². The molecule has 3 nitrogen and oxygen atoms in total. The molecule has 0 bridgehead atoms. The molecule has 0 radical (unpaired) electrons. The van der Waals surface area contributed by atoms with Crippen LogP contribution in [0.2, 0.25) is 0 Å². The van der Waals surface area contributed by atoms with Crippen molar-refractivity contribution >= 4 is 0 Å². The molecule has 4 heteroatoms. The molecule has 84 valence electrons. The lowest BCUT2D eigenvalue weighted by Crippen LogP contribution is -1.94. The molecule has 1 heterocycles. The van der Waals surface area contributed by atoms with E-state index in [4.69, 9.17) is 5.11 Å². The third-order valence-corrected chi connectivity index (χ3v) is 2.47. The number of nitrogens with zero attached hydrogens (tertiary/aromatic N) is 2. The molecular formula is C12H13FN2O. The van der Waals surface area contributed by atoms with Gasteiger partial charge in [-0.2, -0.15) is 5.10 Å². The van der Waals surface area contributed by atoms with Gasteiger partial charge < -0.3 is 5.11 Å². The average Bonchev–Trinajstić information content (AvgIpc) is 2.62. The molecule has 0 amide bonds. The van der Waals surface area contributed by atoms with Gasteiger partial charge in [-0.05, 0) is 43.2 Å². The first-order chi connectivity index (χ1) is 7.70. The van der Waals surface area contributed by atoms with Crippen molar-refractivity contribution in [2.24, 2.45) is 0 Å². The number of hydrogen-bond acceptors (Lipinski definition) is 2. The van der Waals surface area contributed by atoms with Gasteiger partial charge in [0, 0.05) is 12.8 Å². The number of aliphatic hydroxyl groups excluding tert-OH is 1. The van der Waals surface area contributed by atoms with Gasteiger partial charge in [-0.1, -0.05) is 0 Å². The largest absolute Gasteiger partial charge is 0.396 e. The zero-order valence-electron chi connectivity index (χ0n) is 9.02. The topological polar surface area (TPSA) is 38.0 Å². The second kappa shape index (κ2) is 4.45. The third-order valence-electron chi connectivity index (χ3n) is 2.47. The van der Waals surface area contributed by atoms with E-state index in [0.29, 0.717) is 6.42 Å². The number of hydrogen-bond donors (Lipinski definition) is 1. The highest BCUT2D eigenvalue weighted by Crippen LogP contribution is 2.12. The Bertz CT molecular complexity index is 476. The zero-order chi connectivity index (χ0) is 11.5. The third kappa shape index (κ3) is 2.12. The van der Waals surface area contributed by atoms with Gasteiger partial charge in [0.2, 0.25) is 0 Å². The Hall–Kier alpha value is -1.68. The molecule has 0 atom stereocenters. The van der Waals surface area contributed by atoms with E-state index in [0.717, 1.165) is 16.9 Å². The minimum atomic E-state index is -0.261. The highest BCUT2D eigenvalue weighted by atomic mass is 19.1. The predicted molar refractivity (Wildman–Crippen MR) is 59.0 cm³/mol. The van der Waals surface area contributed by atoms with Crippen LogP contribution in [0.15, 0.2) is 30.5 Å². The molecule has 1 aromatic heterocycles. The maximum Gasteiger partial charge on any atom is 0.123 e. The van der Waals surface area contributed by atoms with Crippen molar-refractivity contribution in [2.75, 3.05) is 6.61 Å². The molecule has 0 spiro atoms. The number of aromatic nitrogens is 2. The van der Waals surface area contributed by atoms with Gasteiger partial charge in [0.1, 0.15) is 5.82 Å². The van der Waals surface area contributed by atoms with E-state index in [9.17, 15) is 4.39 Å². The fraction of sp³-hybridized carbons (Fsp3) is 0.250. The van der Waals surface area contributed by atoms with Crippen LogP contribution in [0.1, 0.15) is 11.3 Å². The molecule has 16 heavy (non-hydrogen) atoms. The van der Waals surface area contributed by atoms with Gasteiger partial charge in [-0.15, -0.1) is 0 Å². The van der Waals surface area contributed by atoms with Crippen molar-refractivity contribution in [2.45, 2.75) is 13.3 Å². The number of benzene rings is 1. The Kier molecular flexibility index (Phi) is 3.01. The van der Waals surface area contributed by atoms with Gasteiger partial charge in [-0.3, -0.25) is 0 Å². The maximum atomic E-state index is 12.7. The quantitative estimate of drug-likeness (QED) is 0.857. The molecule has 1 N–H and O–H groups in total. The molecule has 0 aliphatic heterocycles. The van der Waals surface area contributed by atoms with Crippen LogP contribution in [0.25, 0.3) is 5.69 Å². The fourth-order valence-corrected chi connectivity index (χ4v) is 1.59. The van der Waals surface area contributed by atoms with E-state index in [1.165, 1.54) is 12.1 Å². The van der Waals surface area contributed by atoms with E-state index < -0.39 is 0 Å². The number of rotatable bonds is 3. The molecule has 2 rings (SSSR count). The van der Waals surface area contributed by atoms with Crippen LogP contribution in [-0.2, 0) is 6.42 Å². The molecule has 0 fully saturated rings. The van der Waals surface area contributed by atoms with Gasteiger partial charge in [-0.25, -0.2) is 9.07 Å². The Morgan fingerprint density at radius 3 is 2.62 bits per heavy atom. The lowest BCUT2D eigenvalue weighted by molar-refractivity contribution is 0.299. The van der Waals surface area contributed by atoms with E-state index in [2.05, 4.69) is 5.10 Å². The summed E-state index contributed by atoms with van der Waals surface area (Å²) >= 11 is 0. The first-order valence-electron chi connectivity index (χ1n) is 5.12. The van der Waals surface area contributed by atoms with Crippen molar-refractivity contribution in [3.8, 4) is 5.69 Å². The second-order valence-corrected chi connectivity index (χ2v) is 3.63. The molecular weight excluding hydrogens is 207 g/mol. The minimum absolute atomic E-state index is 0.107. The fourth-order valence-electron chi connectivity index (χ4n) is 1.59. The Morgan fingerprint density at radius 1 is 1.31 bits per heavy atom. The smallest absolute Gasteiger partial charge is 0.123 e. The van der Waals surface area contributed by atoms with Gasteiger partial charge in [0.25, 0.3) is 0 Å². The molecule has 0 aliphatic rings. The molecule has 0 saturated heterocycles. The molecule has 0 unspecified atom stereocenters. The van der Waals surface area contributed by atoms with Gasteiger partial charge in [0.05, 0.1) is 11.4 Å². The van der Waals surface area contributed by atoms with E-state index in [1.807, 2.05) is 13.1 Å². The Balaban J connectivity index is 2.33. The summed E-state index contributed by atoms with van der Waals surface area (Å²) in [5.74, 6) is -0.261. The number of halogens is 1. The van der Waals surface area contributed by atoms with Crippen molar-refractivity contribution in [3.05, 3.63) is 47.5 Å². The molecule has 1 aromatic carbocycles. The standard InChI is InChI=1S/C12H13FN2O/c1-9-10(6-7-16)8-15(14-9)12-4-2-11(13)3-5-12/h2-5,8,16H,6-7H2,1H3. The van der Waals surface area contributed by atoms with Crippen LogP contribution in [0.5, 0.6) is 0 Å². The first kappa shape index (κ1) is 10.8. The van der Waals surface area contributed by atoms with Gasteiger partial charge in [0.15, 0.2) is 0 Å². The van der Waals surface area contributed by atoms with E-state index in [-0.39, 0.29) is 12.4 Å². The van der Waals surface area contributed by atoms with Crippen molar-refractivity contribution in [1.29, 1.82) is 0 Å². The highest BCUT2D eigenvalue weighted by molar-refractivity contribution is 5.33. The summed E-state index contributed by atoms with van der Waals surface area (Å²) in [6, 6.07) is 6.14. The van der Waals surface area contributed by atoms with Crippen LogP contribution in [0, 0.1) is 12.7 Å². The zero-order valence-corrected chi connectivity index (χ0v) is 9.02. The average molecular weight is 220 g/mol. The lowest BCUT2D eigenvalue weighted by atomic mass is 10.2. The summed E-state index contributed by atoms with van der Waals surface area (Å²) < 4.78 is 14.4. The number of aliphatic hydroxyl groups is 1. The van der Waals surface area contributed by atoms with Crippen LogP contribution in [0.4, 0.5) is 4.39 Å². The monoisotopic (exact) mass is 220 g/mol. The van der Waals surface area contributed by atoms with E-state index >= 15 is 0 Å². The summed E-state index contributed by atoms with van der Waals surface area (Å²) in [6.07, 6.45) is 2.45. The highest BCUT2D eigenvalue weighted by Gasteiger charge is 2.05. The first-order valence-corrected chi connectivity index (χ1v) is 5.12. The summed E-state index contributed by atoms with van der Waals surface area (Å²) in [6.45, 7) is 2.00. The van der Waals surface area contributed by atoms with E-state index in [1.54, 1.807) is 16.8 Å². The molecule has 0 aliphatic carbocycles. The summed E-state index contributed by atoms with van der Waals surface area (Å²) in [4.78, 5) is 0. The minimum Gasteiger partial charge on any atom is -0.396 e. The Morgan fingerprint density at radius 2 is 2.00 bits per heavy atom. The molecule has 0 saturated carbocycles. The SMILES string of the molecule is Cc1nn(-c2ccc(F)cc2)cc1CCO. The lowest BCUT2D eigenvalue weighted by Gasteiger charge is -1.99. The maximum absolute atomic E-state index is 12.7. The normalized spacial score (nSPS) is 10.7. The summed E-state index contributed by atoms with van der Waals surface area (Å²) in [7, 11) is 0. The summed E-state index contributed by atoms with van der Waals surface area (Å²) in [5, 5.41) is 13.2. The van der Waals surface area contributed by atoms with Crippen molar-refractivity contribution < 1.29 is 9.50 Å². The predicted octanol–water partition coefficient (Wildman–Crippen LogP) is 1.85. The second-order valence-electron chi connectivity index (χ2n) is 3.63. The van der Waals surface area contributed by atoms with Crippen LogP contribution in [0.3, 0.4) is 0 Å². The number of aryl methyl sites for hydroxylation is 1. The van der Waals surface area contributed by atoms with Crippen LogP contribution in [-0.4, -0.2) is 21.5 Å². The summed E-state index contributed by atoms with van der Waals surface area (Å²) in [5.41, 5.74) is 2.71. The van der Waals surface area contributed by atoms with Crippen molar-refractivity contribution in [3.63, 3.8) is 0 Å². The van der Waals surface area contributed by atoms with Crippen molar-refractivity contribution in [1.82, 2.24) is 9.78 Å². The van der Waals surface area contributed by atoms with Gasteiger partial charge >= 0.3 is 0 Å². The van der Waals surface area contributed by atoms with Crippen LogP contribution >= 0.6 is 0 Å². The molecule has 2 aromatic rings.